The maximum Gasteiger partial charge on any atom is 0.0643 e. The van der Waals surface area contributed by atoms with Gasteiger partial charge in [-0.25, -0.2) is 0 Å². The number of hydrogen-bond acceptors (Lipinski definition) is 2. The highest BCUT2D eigenvalue weighted by molar-refractivity contribution is 4.82. The highest BCUT2D eigenvalue weighted by Gasteiger charge is 2.26. The molecule has 1 saturated carbocycles. The summed E-state index contributed by atoms with van der Waals surface area (Å²) in [7, 11) is 0. The molecule has 0 bridgehead atoms. The summed E-state index contributed by atoms with van der Waals surface area (Å²) >= 11 is 0. The first-order valence-corrected chi connectivity index (χ1v) is 5.20. The molecule has 0 radical (unpaired) electrons. The van der Waals surface area contributed by atoms with Crippen LogP contribution in [0.4, 0.5) is 0 Å². The molecule has 0 amide bonds. The maximum atomic E-state index is 5.14. The third-order valence-corrected chi connectivity index (χ3v) is 3.24. The van der Waals surface area contributed by atoms with Gasteiger partial charge >= 0.3 is 0 Å². The molecule has 70 valence electrons. The molecule has 2 fully saturated rings. The summed E-state index contributed by atoms with van der Waals surface area (Å²) in [6.07, 6.45) is 5.75. The predicted molar refractivity (Wildman–Crippen MR) is 49.2 cm³/mol. The standard InChI is InChI=1S/C10H19NO/c1-8(9-4-2-3-5-9)11-10-6-12-7-10/h8-11H,2-7H2,1H3. The highest BCUT2D eigenvalue weighted by atomic mass is 16.5. The van der Waals surface area contributed by atoms with Crippen molar-refractivity contribution in [2.45, 2.75) is 44.7 Å². The van der Waals surface area contributed by atoms with Gasteiger partial charge in [-0.15, -0.1) is 0 Å². The van der Waals surface area contributed by atoms with Crippen molar-refractivity contribution >= 4 is 0 Å². The Kier molecular flexibility index (Phi) is 2.66. The van der Waals surface area contributed by atoms with Gasteiger partial charge in [0.1, 0.15) is 0 Å². The molecule has 0 spiro atoms. The van der Waals surface area contributed by atoms with Crippen LogP contribution in [0.15, 0.2) is 0 Å². The van der Waals surface area contributed by atoms with Crippen molar-refractivity contribution in [3.05, 3.63) is 0 Å². The van der Waals surface area contributed by atoms with Crippen LogP contribution in [-0.4, -0.2) is 25.3 Å². The van der Waals surface area contributed by atoms with Crippen LogP contribution in [0.1, 0.15) is 32.6 Å². The summed E-state index contributed by atoms with van der Waals surface area (Å²) in [5, 5.41) is 3.63. The second-order valence-corrected chi connectivity index (χ2v) is 4.23. The monoisotopic (exact) mass is 169 g/mol. The molecule has 2 heteroatoms. The summed E-state index contributed by atoms with van der Waals surface area (Å²) in [5.41, 5.74) is 0. The topological polar surface area (TPSA) is 21.3 Å². The summed E-state index contributed by atoms with van der Waals surface area (Å²) < 4.78 is 5.14. The molecule has 1 aliphatic heterocycles. The van der Waals surface area contributed by atoms with Crippen molar-refractivity contribution in [1.82, 2.24) is 5.32 Å². The fourth-order valence-corrected chi connectivity index (χ4v) is 2.30. The summed E-state index contributed by atoms with van der Waals surface area (Å²) in [4.78, 5) is 0. The molecule has 1 atom stereocenters. The number of rotatable bonds is 3. The molecular weight excluding hydrogens is 150 g/mol. The van der Waals surface area contributed by atoms with Gasteiger partial charge < -0.3 is 10.1 Å². The van der Waals surface area contributed by atoms with Crippen LogP contribution in [0.25, 0.3) is 0 Å². The van der Waals surface area contributed by atoms with E-state index in [-0.39, 0.29) is 0 Å². The van der Waals surface area contributed by atoms with E-state index in [1.54, 1.807) is 0 Å². The minimum absolute atomic E-state index is 0.653. The van der Waals surface area contributed by atoms with Gasteiger partial charge in [0, 0.05) is 6.04 Å². The second-order valence-electron chi connectivity index (χ2n) is 4.23. The van der Waals surface area contributed by atoms with Crippen LogP contribution in [-0.2, 0) is 4.74 Å². The normalized spacial score (nSPS) is 28.8. The Balaban J connectivity index is 1.71. The summed E-state index contributed by atoms with van der Waals surface area (Å²) in [6.45, 7) is 4.18. The Morgan fingerprint density at radius 2 is 1.92 bits per heavy atom. The fraction of sp³-hybridized carbons (Fsp3) is 1.00. The van der Waals surface area contributed by atoms with Crippen molar-refractivity contribution in [2.24, 2.45) is 5.92 Å². The van der Waals surface area contributed by atoms with Crippen LogP contribution in [0, 0.1) is 5.92 Å². The Hall–Kier alpha value is -0.0800. The highest BCUT2D eigenvalue weighted by Crippen LogP contribution is 2.27. The number of nitrogens with one attached hydrogen (secondary N) is 1. The van der Waals surface area contributed by atoms with Gasteiger partial charge in [-0.2, -0.15) is 0 Å². The Morgan fingerprint density at radius 1 is 1.25 bits per heavy atom. The van der Waals surface area contributed by atoms with Crippen LogP contribution < -0.4 is 5.32 Å². The minimum atomic E-state index is 0.653. The third kappa shape index (κ3) is 1.80. The smallest absolute Gasteiger partial charge is 0.0643 e. The van der Waals surface area contributed by atoms with Gasteiger partial charge in [-0.05, 0) is 25.7 Å². The van der Waals surface area contributed by atoms with E-state index in [9.17, 15) is 0 Å². The molecule has 0 aromatic heterocycles. The molecule has 2 aliphatic rings. The summed E-state index contributed by atoms with van der Waals surface area (Å²) in [5.74, 6) is 0.936. The van der Waals surface area contributed by atoms with Gasteiger partial charge in [0.2, 0.25) is 0 Å². The van der Waals surface area contributed by atoms with Gasteiger partial charge in [-0.1, -0.05) is 12.8 Å². The summed E-state index contributed by atoms with van der Waals surface area (Å²) in [6, 6.07) is 1.36. The van der Waals surface area contributed by atoms with E-state index in [1.807, 2.05) is 0 Å². The van der Waals surface area contributed by atoms with E-state index in [0.717, 1.165) is 19.1 Å². The zero-order chi connectivity index (χ0) is 8.39. The van der Waals surface area contributed by atoms with Crippen LogP contribution >= 0.6 is 0 Å². The van der Waals surface area contributed by atoms with Crippen LogP contribution in [0.2, 0.25) is 0 Å². The van der Waals surface area contributed by atoms with Gasteiger partial charge in [-0.3, -0.25) is 0 Å². The van der Waals surface area contributed by atoms with Gasteiger partial charge in [0.05, 0.1) is 19.3 Å². The van der Waals surface area contributed by atoms with Crippen molar-refractivity contribution in [3.63, 3.8) is 0 Å². The van der Waals surface area contributed by atoms with E-state index < -0.39 is 0 Å². The van der Waals surface area contributed by atoms with Crippen molar-refractivity contribution in [1.29, 1.82) is 0 Å². The number of ether oxygens (including phenoxy) is 1. The lowest BCUT2D eigenvalue weighted by Crippen LogP contribution is -2.51. The van der Waals surface area contributed by atoms with Gasteiger partial charge in [0.15, 0.2) is 0 Å². The lowest BCUT2D eigenvalue weighted by Gasteiger charge is -2.32. The van der Waals surface area contributed by atoms with Crippen molar-refractivity contribution < 1.29 is 4.74 Å². The SMILES string of the molecule is CC(NC1COC1)C1CCCC1. The Labute approximate surface area is 74.7 Å². The van der Waals surface area contributed by atoms with Crippen molar-refractivity contribution in [2.75, 3.05) is 13.2 Å². The molecular formula is C10H19NO. The van der Waals surface area contributed by atoms with E-state index in [2.05, 4.69) is 12.2 Å². The lowest BCUT2D eigenvalue weighted by molar-refractivity contribution is -0.0120. The second kappa shape index (κ2) is 3.75. The first-order chi connectivity index (χ1) is 5.86. The molecule has 1 N–H and O–H groups in total. The quantitative estimate of drug-likeness (QED) is 0.692. The van der Waals surface area contributed by atoms with E-state index in [4.69, 9.17) is 4.74 Å². The Morgan fingerprint density at radius 3 is 2.42 bits per heavy atom. The van der Waals surface area contributed by atoms with Crippen LogP contribution in [0.3, 0.4) is 0 Å². The molecule has 1 saturated heterocycles. The first kappa shape index (κ1) is 8.52. The molecule has 1 aliphatic carbocycles. The Bertz CT molecular complexity index is 139. The zero-order valence-corrected chi connectivity index (χ0v) is 7.88. The average molecular weight is 169 g/mol. The molecule has 0 aromatic rings. The largest absolute Gasteiger partial charge is 0.378 e. The van der Waals surface area contributed by atoms with E-state index >= 15 is 0 Å². The third-order valence-electron chi connectivity index (χ3n) is 3.24. The maximum absolute atomic E-state index is 5.14. The van der Waals surface area contributed by atoms with Gasteiger partial charge in [0.25, 0.3) is 0 Å². The van der Waals surface area contributed by atoms with Crippen molar-refractivity contribution in [3.8, 4) is 0 Å². The minimum Gasteiger partial charge on any atom is -0.378 e. The van der Waals surface area contributed by atoms with Crippen LogP contribution in [0.5, 0.6) is 0 Å². The molecule has 12 heavy (non-hydrogen) atoms. The molecule has 1 unspecified atom stereocenters. The molecule has 1 heterocycles. The predicted octanol–water partition coefficient (Wildman–Crippen LogP) is 1.55. The van der Waals surface area contributed by atoms with E-state index in [0.29, 0.717) is 12.1 Å². The molecule has 2 rings (SSSR count). The average Bonchev–Trinajstić information content (AvgIpc) is 2.47. The van der Waals surface area contributed by atoms with E-state index in [1.165, 1.54) is 25.7 Å². The fourth-order valence-electron chi connectivity index (χ4n) is 2.30. The molecule has 0 aromatic carbocycles. The molecule has 2 nitrogen and oxygen atoms in total. The number of hydrogen-bond donors (Lipinski definition) is 1. The lowest BCUT2D eigenvalue weighted by atomic mass is 9.99. The zero-order valence-electron chi connectivity index (χ0n) is 7.88. The first-order valence-electron chi connectivity index (χ1n) is 5.20.